The number of halogens is 1. The van der Waals surface area contributed by atoms with E-state index in [1.807, 2.05) is 6.07 Å². The van der Waals surface area contributed by atoms with Gasteiger partial charge in [0, 0.05) is 5.02 Å². The first-order valence-electron chi connectivity index (χ1n) is 8.24. The first-order valence-corrected chi connectivity index (χ1v) is 8.62. The van der Waals surface area contributed by atoms with E-state index < -0.39 is 0 Å². The van der Waals surface area contributed by atoms with Gasteiger partial charge in [0.05, 0.1) is 0 Å². The van der Waals surface area contributed by atoms with Gasteiger partial charge in [-0.3, -0.25) is 0 Å². The molecule has 0 bridgehead atoms. The average molecular weight is 294 g/mol. The highest BCUT2D eigenvalue weighted by Gasteiger charge is 2.22. The fourth-order valence-corrected chi connectivity index (χ4v) is 3.70. The van der Waals surface area contributed by atoms with E-state index in [4.69, 9.17) is 11.6 Å². The second kappa shape index (κ2) is 8.69. The van der Waals surface area contributed by atoms with Crippen LogP contribution in [0.3, 0.4) is 0 Å². The number of rotatable bonds is 6. The summed E-state index contributed by atoms with van der Waals surface area (Å²) in [6.45, 7) is 4.41. The molecule has 1 aromatic rings. The summed E-state index contributed by atoms with van der Waals surface area (Å²) in [5.74, 6) is 1.64. The van der Waals surface area contributed by atoms with Crippen molar-refractivity contribution in [2.24, 2.45) is 11.8 Å². The van der Waals surface area contributed by atoms with Crippen molar-refractivity contribution < 1.29 is 0 Å². The Labute approximate surface area is 129 Å². The Balaban J connectivity index is 2.01. The van der Waals surface area contributed by atoms with E-state index in [1.54, 1.807) is 0 Å². The average Bonchev–Trinajstić information content (AvgIpc) is 2.72. The van der Waals surface area contributed by atoms with E-state index in [0.29, 0.717) is 0 Å². The standard InChI is InChI=1S/C18H28ClN/c1-2-20-14-17(16-9-5-3-4-6-10-16)12-15-8-7-11-18(19)13-15/h7-8,11,13,16-17,20H,2-6,9-10,12,14H2,1H3. The molecule has 0 spiro atoms. The second-order valence-corrected chi connectivity index (χ2v) is 6.59. The van der Waals surface area contributed by atoms with Crippen molar-refractivity contribution >= 4 is 11.6 Å². The van der Waals surface area contributed by atoms with Gasteiger partial charge in [0.15, 0.2) is 0 Å². The lowest BCUT2D eigenvalue weighted by atomic mass is 9.82. The topological polar surface area (TPSA) is 12.0 Å². The number of nitrogens with one attached hydrogen (secondary N) is 1. The Morgan fingerprint density at radius 1 is 1.20 bits per heavy atom. The predicted molar refractivity (Wildman–Crippen MR) is 88.4 cm³/mol. The molecule has 0 amide bonds. The lowest BCUT2D eigenvalue weighted by molar-refractivity contribution is 0.286. The highest BCUT2D eigenvalue weighted by molar-refractivity contribution is 6.30. The van der Waals surface area contributed by atoms with Crippen LogP contribution in [-0.2, 0) is 6.42 Å². The molecule has 1 aliphatic carbocycles. The van der Waals surface area contributed by atoms with Crippen molar-refractivity contribution in [3.8, 4) is 0 Å². The van der Waals surface area contributed by atoms with Gasteiger partial charge in [0.1, 0.15) is 0 Å². The van der Waals surface area contributed by atoms with E-state index >= 15 is 0 Å². The lowest BCUT2D eigenvalue weighted by Crippen LogP contribution is -2.29. The number of hydrogen-bond donors (Lipinski definition) is 1. The molecule has 20 heavy (non-hydrogen) atoms. The van der Waals surface area contributed by atoms with Crippen LogP contribution in [0.15, 0.2) is 24.3 Å². The highest BCUT2D eigenvalue weighted by atomic mass is 35.5. The molecule has 2 rings (SSSR count). The molecular formula is C18H28ClN. The maximum Gasteiger partial charge on any atom is 0.0408 e. The van der Waals surface area contributed by atoms with Crippen molar-refractivity contribution in [2.45, 2.75) is 51.9 Å². The lowest BCUT2D eigenvalue weighted by Gasteiger charge is -2.27. The van der Waals surface area contributed by atoms with E-state index in [2.05, 4.69) is 30.4 Å². The smallest absolute Gasteiger partial charge is 0.0408 e. The predicted octanol–water partition coefficient (Wildman–Crippen LogP) is 5.08. The Kier molecular flexibility index (Phi) is 6.89. The Morgan fingerprint density at radius 3 is 2.60 bits per heavy atom. The molecule has 112 valence electrons. The summed E-state index contributed by atoms with van der Waals surface area (Å²) in [6.07, 6.45) is 9.69. The van der Waals surface area contributed by atoms with Gasteiger partial charge >= 0.3 is 0 Å². The molecule has 1 atom stereocenters. The van der Waals surface area contributed by atoms with Crippen LogP contribution in [0.4, 0.5) is 0 Å². The quantitative estimate of drug-likeness (QED) is 0.721. The molecule has 0 aliphatic heterocycles. The zero-order valence-corrected chi connectivity index (χ0v) is 13.5. The molecule has 0 heterocycles. The highest BCUT2D eigenvalue weighted by Crippen LogP contribution is 2.31. The Bertz CT molecular complexity index is 383. The van der Waals surface area contributed by atoms with Crippen LogP contribution in [0, 0.1) is 11.8 Å². The van der Waals surface area contributed by atoms with Crippen LogP contribution in [-0.4, -0.2) is 13.1 Å². The molecule has 0 aromatic heterocycles. The van der Waals surface area contributed by atoms with Gasteiger partial charge in [-0.2, -0.15) is 0 Å². The molecular weight excluding hydrogens is 266 g/mol. The summed E-state index contributed by atoms with van der Waals surface area (Å²) in [5, 5.41) is 4.43. The third-order valence-electron chi connectivity index (χ3n) is 4.61. The van der Waals surface area contributed by atoms with Gasteiger partial charge < -0.3 is 5.32 Å². The van der Waals surface area contributed by atoms with Crippen LogP contribution in [0.5, 0.6) is 0 Å². The largest absolute Gasteiger partial charge is 0.317 e. The van der Waals surface area contributed by atoms with Crippen LogP contribution >= 0.6 is 11.6 Å². The normalized spacial score (nSPS) is 18.7. The molecule has 1 aromatic carbocycles. The van der Waals surface area contributed by atoms with E-state index in [1.165, 1.54) is 44.1 Å². The monoisotopic (exact) mass is 293 g/mol. The second-order valence-electron chi connectivity index (χ2n) is 6.15. The minimum atomic E-state index is 0.756. The zero-order valence-electron chi connectivity index (χ0n) is 12.7. The molecule has 1 fully saturated rings. The molecule has 0 saturated heterocycles. The molecule has 1 aliphatic rings. The zero-order chi connectivity index (χ0) is 14.2. The summed E-state index contributed by atoms with van der Waals surface area (Å²) in [5.41, 5.74) is 1.39. The third-order valence-corrected chi connectivity index (χ3v) is 4.85. The Morgan fingerprint density at radius 2 is 1.95 bits per heavy atom. The van der Waals surface area contributed by atoms with Gasteiger partial charge in [-0.05, 0) is 49.0 Å². The molecule has 1 nitrogen and oxygen atoms in total. The molecule has 0 radical (unpaired) electrons. The van der Waals surface area contributed by atoms with Crippen LogP contribution in [0.25, 0.3) is 0 Å². The van der Waals surface area contributed by atoms with Gasteiger partial charge in [0.2, 0.25) is 0 Å². The van der Waals surface area contributed by atoms with Gasteiger partial charge in [-0.1, -0.05) is 69.2 Å². The summed E-state index contributed by atoms with van der Waals surface area (Å²) >= 11 is 6.13. The van der Waals surface area contributed by atoms with Gasteiger partial charge in [-0.15, -0.1) is 0 Å². The summed E-state index contributed by atoms with van der Waals surface area (Å²) < 4.78 is 0. The molecule has 1 N–H and O–H groups in total. The van der Waals surface area contributed by atoms with Crippen molar-refractivity contribution in [3.63, 3.8) is 0 Å². The fourth-order valence-electron chi connectivity index (χ4n) is 3.48. The summed E-state index contributed by atoms with van der Waals surface area (Å²) in [6, 6.07) is 8.41. The number of benzene rings is 1. The van der Waals surface area contributed by atoms with E-state index in [9.17, 15) is 0 Å². The van der Waals surface area contributed by atoms with Crippen LogP contribution < -0.4 is 5.32 Å². The van der Waals surface area contributed by atoms with Crippen LogP contribution in [0.1, 0.15) is 51.0 Å². The van der Waals surface area contributed by atoms with E-state index in [0.717, 1.165) is 36.4 Å². The SMILES string of the molecule is CCNCC(Cc1cccc(Cl)c1)C1CCCCCC1. The summed E-state index contributed by atoms with van der Waals surface area (Å²) in [7, 11) is 0. The summed E-state index contributed by atoms with van der Waals surface area (Å²) in [4.78, 5) is 0. The molecule has 2 heteroatoms. The number of hydrogen-bond acceptors (Lipinski definition) is 1. The van der Waals surface area contributed by atoms with Gasteiger partial charge in [-0.25, -0.2) is 0 Å². The fraction of sp³-hybridized carbons (Fsp3) is 0.667. The third kappa shape index (κ3) is 5.10. The maximum absolute atomic E-state index is 6.13. The van der Waals surface area contributed by atoms with Crippen LogP contribution in [0.2, 0.25) is 5.02 Å². The van der Waals surface area contributed by atoms with E-state index in [-0.39, 0.29) is 0 Å². The first kappa shape index (κ1) is 15.9. The Hall–Kier alpha value is -0.530. The van der Waals surface area contributed by atoms with Crippen molar-refractivity contribution in [1.82, 2.24) is 5.32 Å². The minimum Gasteiger partial charge on any atom is -0.317 e. The first-order chi connectivity index (χ1) is 9.79. The molecule has 1 unspecified atom stereocenters. The minimum absolute atomic E-state index is 0.756. The maximum atomic E-state index is 6.13. The van der Waals surface area contributed by atoms with Crippen molar-refractivity contribution in [3.05, 3.63) is 34.9 Å². The van der Waals surface area contributed by atoms with Crippen molar-refractivity contribution in [2.75, 3.05) is 13.1 Å². The van der Waals surface area contributed by atoms with Gasteiger partial charge in [0.25, 0.3) is 0 Å². The van der Waals surface area contributed by atoms with Crippen molar-refractivity contribution in [1.29, 1.82) is 0 Å². The molecule has 1 saturated carbocycles.